The average Bonchev–Trinajstić information content (AvgIpc) is 2.56. The second-order valence-corrected chi connectivity index (χ2v) is 6.99. The molecule has 0 bridgehead atoms. The van der Waals surface area contributed by atoms with Crippen LogP contribution in [0, 0.1) is 0 Å². The number of hydrogen-bond donors (Lipinski definition) is 2. The van der Waals surface area contributed by atoms with Gasteiger partial charge in [-0.25, -0.2) is 4.79 Å². The van der Waals surface area contributed by atoms with Gasteiger partial charge in [0.25, 0.3) is 0 Å². The minimum atomic E-state index is -1.13. The number of carboxylic acid groups (broad SMARTS) is 1. The van der Waals surface area contributed by atoms with Gasteiger partial charge in [0.2, 0.25) is 5.91 Å². The number of rotatable bonds is 9. The number of aldehydes is 1. The van der Waals surface area contributed by atoms with Crippen LogP contribution in [0.15, 0.2) is 30.3 Å². The molecule has 0 heterocycles. The lowest BCUT2D eigenvalue weighted by Crippen LogP contribution is -2.50. The van der Waals surface area contributed by atoms with Crippen molar-refractivity contribution in [3.8, 4) is 0 Å². The van der Waals surface area contributed by atoms with Crippen molar-refractivity contribution < 1.29 is 29.0 Å². The number of carbonyl (C=O) groups excluding carboxylic acids is 3. The maximum absolute atomic E-state index is 12.9. The van der Waals surface area contributed by atoms with Crippen LogP contribution in [0.3, 0.4) is 0 Å². The lowest BCUT2D eigenvalue weighted by molar-refractivity contribution is -0.140. The van der Waals surface area contributed by atoms with Crippen LogP contribution in [0.5, 0.6) is 0 Å². The van der Waals surface area contributed by atoms with Gasteiger partial charge in [0.15, 0.2) is 0 Å². The molecule has 148 valence electrons. The van der Waals surface area contributed by atoms with Crippen LogP contribution in [-0.2, 0) is 25.7 Å². The van der Waals surface area contributed by atoms with Crippen molar-refractivity contribution in [3.63, 3.8) is 0 Å². The Morgan fingerprint density at radius 1 is 1.22 bits per heavy atom. The van der Waals surface area contributed by atoms with Crippen molar-refractivity contribution in [2.24, 2.45) is 0 Å². The van der Waals surface area contributed by atoms with Gasteiger partial charge in [0.1, 0.15) is 17.9 Å². The monoisotopic (exact) mass is 378 g/mol. The van der Waals surface area contributed by atoms with Gasteiger partial charge in [-0.1, -0.05) is 30.3 Å². The number of aliphatic carboxylic acids is 1. The summed E-state index contributed by atoms with van der Waals surface area (Å²) < 4.78 is 5.13. The van der Waals surface area contributed by atoms with E-state index in [2.05, 4.69) is 5.32 Å². The molecule has 1 aromatic carbocycles. The van der Waals surface area contributed by atoms with Gasteiger partial charge in [-0.2, -0.15) is 0 Å². The van der Waals surface area contributed by atoms with E-state index < -0.39 is 29.6 Å². The van der Waals surface area contributed by atoms with Crippen molar-refractivity contribution in [1.29, 1.82) is 0 Å². The number of hydrogen-bond acceptors (Lipinski definition) is 5. The Hall–Kier alpha value is -2.90. The predicted molar refractivity (Wildman–Crippen MR) is 98.0 cm³/mol. The number of benzene rings is 1. The number of ether oxygens (including phenoxy) is 1. The Labute approximate surface area is 158 Å². The van der Waals surface area contributed by atoms with E-state index in [1.807, 2.05) is 6.07 Å². The Morgan fingerprint density at radius 3 is 2.37 bits per heavy atom. The standard InChI is InChI=1S/C19H26N2O6/c1-19(2,3)27-18(26)20-15(10-12-22)17(25)21(11-9-16(23)24)13-14-7-5-4-6-8-14/h4-8,12,15H,9-11,13H2,1-3H3,(H,20,26)(H,23,24)/t15-/m0/s1. The molecule has 1 aromatic rings. The molecule has 27 heavy (non-hydrogen) atoms. The minimum absolute atomic E-state index is 0.0472. The van der Waals surface area contributed by atoms with Gasteiger partial charge in [-0.3, -0.25) is 9.59 Å². The van der Waals surface area contributed by atoms with Crippen LogP contribution < -0.4 is 5.32 Å². The summed E-state index contributed by atoms with van der Waals surface area (Å²) in [4.78, 5) is 48.1. The quantitative estimate of drug-likeness (QED) is 0.635. The molecule has 0 fully saturated rings. The fourth-order valence-corrected chi connectivity index (χ4v) is 2.29. The van der Waals surface area contributed by atoms with Crippen molar-refractivity contribution in [2.75, 3.05) is 6.54 Å². The van der Waals surface area contributed by atoms with Gasteiger partial charge in [0, 0.05) is 19.5 Å². The normalized spacial score (nSPS) is 12.0. The van der Waals surface area contributed by atoms with Crippen molar-refractivity contribution in [1.82, 2.24) is 10.2 Å². The topological polar surface area (TPSA) is 113 Å². The van der Waals surface area contributed by atoms with E-state index in [1.165, 1.54) is 4.90 Å². The van der Waals surface area contributed by atoms with Gasteiger partial charge in [-0.05, 0) is 26.3 Å². The summed E-state index contributed by atoms with van der Waals surface area (Å²) in [6.07, 6.45) is -0.784. The van der Waals surface area contributed by atoms with Crippen LogP contribution in [0.2, 0.25) is 0 Å². The summed E-state index contributed by atoms with van der Waals surface area (Å²) in [6.45, 7) is 5.15. The number of amides is 2. The smallest absolute Gasteiger partial charge is 0.408 e. The Kier molecular flexibility index (Phi) is 8.44. The first kappa shape index (κ1) is 22.1. The first-order chi connectivity index (χ1) is 12.6. The molecule has 0 aliphatic rings. The van der Waals surface area contributed by atoms with Gasteiger partial charge in [0.05, 0.1) is 6.42 Å². The van der Waals surface area contributed by atoms with Crippen molar-refractivity contribution in [2.45, 2.75) is 51.8 Å². The summed E-state index contributed by atoms with van der Waals surface area (Å²) in [5.74, 6) is -1.59. The van der Waals surface area contributed by atoms with Gasteiger partial charge >= 0.3 is 12.1 Å². The third-order valence-corrected chi connectivity index (χ3v) is 3.44. The van der Waals surface area contributed by atoms with E-state index in [9.17, 15) is 19.2 Å². The molecular weight excluding hydrogens is 352 g/mol. The summed E-state index contributed by atoms with van der Waals surface area (Å²) in [5, 5.41) is 11.3. The largest absolute Gasteiger partial charge is 0.481 e. The molecule has 2 amide bonds. The zero-order chi connectivity index (χ0) is 20.4. The molecule has 0 saturated carbocycles. The summed E-state index contributed by atoms with van der Waals surface area (Å²) in [7, 11) is 0. The lowest BCUT2D eigenvalue weighted by atomic mass is 10.1. The number of nitrogens with one attached hydrogen (secondary N) is 1. The van der Waals surface area contributed by atoms with Gasteiger partial charge < -0.3 is 24.9 Å². The van der Waals surface area contributed by atoms with Crippen molar-refractivity contribution in [3.05, 3.63) is 35.9 Å². The lowest BCUT2D eigenvalue weighted by Gasteiger charge is -2.28. The maximum Gasteiger partial charge on any atom is 0.408 e. The van der Waals surface area contributed by atoms with Crippen LogP contribution >= 0.6 is 0 Å². The number of carbonyl (C=O) groups is 4. The van der Waals surface area contributed by atoms with Crippen LogP contribution in [0.4, 0.5) is 4.79 Å². The maximum atomic E-state index is 12.9. The average molecular weight is 378 g/mol. The molecule has 8 nitrogen and oxygen atoms in total. The van der Waals surface area contributed by atoms with E-state index in [0.717, 1.165) is 5.56 Å². The van der Waals surface area contributed by atoms with E-state index in [-0.39, 0.29) is 25.9 Å². The number of nitrogens with zero attached hydrogens (tertiary/aromatic N) is 1. The van der Waals surface area contributed by atoms with Crippen LogP contribution in [-0.4, -0.2) is 52.4 Å². The SMILES string of the molecule is CC(C)(C)OC(=O)N[C@@H](CC=O)C(=O)N(CCC(=O)O)Cc1ccccc1. The molecule has 0 aliphatic carbocycles. The molecule has 8 heteroatoms. The summed E-state index contributed by atoms with van der Waals surface area (Å²) in [6, 6.07) is 7.91. The molecule has 0 radical (unpaired) electrons. The number of carboxylic acids is 1. The molecule has 0 spiro atoms. The van der Waals surface area contributed by atoms with Crippen LogP contribution in [0.1, 0.15) is 39.2 Å². The Balaban J connectivity index is 2.93. The molecule has 1 atom stereocenters. The molecular formula is C19H26N2O6. The summed E-state index contributed by atoms with van der Waals surface area (Å²) in [5.41, 5.74) is 0.0460. The third-order valence-electron chi connectivity index (χ3n) is 3.44. The molecule has 0 aromatic heterocycles. The zero-order valence-electron chi connectivity index (χ0n) is 15.8. The third kappa shape index (κ3) is 8.84. The van der Waals surface area contributed by atoms with E-state index in [4.69, 9.17) is 9.84 Å². The molecule has 1 rings (SSSR count). The summed E-state index contributed by atoms with van der Waals surface area (Å²) >= 11 is 0. The fourth-order valence-electron chi connectivity index (χ4n) is 2.29. The highest BCUT2D eigenvalue weighted by atomic mass is 16.6. The predicted octanol–water partition coefficient (Wildman–Crippen LogP) is 1.97. The van der Waals surface area contributed by atoms with Gasteiger partial charge in [-0.15, -0.1) is 0 Å². The van der Waals surface area contributed by atoms with E-state index >= 15 is 0 Å². The molecule has 0 aliphatic heterocycles. The van der Waals surface area contributed by atoms with Crippen molar-refractivity contribution >= 4 is 24.3 Å². The first-order valence-corrected chi connectivity index (χ1v) is 8.60. The Morgan fingerprint density at radius 2 is 1.85 bits per heavy atom. The Bertz CT molecular complexity index is 654. The van der Waals surface area contributed by atoms with Crippen LogP contribution in [0.25, 0.3) is 0 Å². The number of alkyl carbamates (subject to hydrolysis) is 1. The fraction of sp³-hybridized carbons (Fsp3) is 0.474. The highest BCUT2D eigenvalue weighted by Crippen LogP contribution is 2.11. The minimum Gasteiger partial charge on any atom is -0.481 e. The second-order valence-electron chi connectivity index (χ2n) is 6.99. The first-order valence-electron chi connectivity index (χ1n) is 8.60. The van der Waals surface area contributed by atoms with E-state index in [1.54, 1.807) is 45.0 Å². The molecule has 0 unspecified atom stereocenters. The molecule has 0 saturated heterocycles. The highest BCUT2D eigenvalue weighted by Gasteiger charge is 2.28. The highest BCUT2D eigenvalue weighted by molar-refractivity contribution is 5.88. The van der Waals surface area contributed by atoms with E-state index in [0.29, 0.717) is 6.29 Å². The molecule has 2 N–H and O–H groups in total. The zero-order valence-corrected chi connectivity index (χ0v) is 15.8. The second kappa shape index (κ2) is 10.3.